The molecule has 0 bridgehead atoms. The number of hydrogen-bond donors (Lipinski definition) is 0. The van der Waals surface area contributed by atoms with E-state index in [2.05, 4.69) is 10.3 Å². The van der Waals surface area contributed by atoms with Crippen molar-refractivity contribution in [1.29, 1.82) is 0 Å². The van der Waals surface area contributed by atoms with Crippen LogP contribution in [0.2, 0.25) is 0 Å². The smallest absolute Gasteiger partial charge is 0.340 e. The lowest BCUT2D eigenvalue weighted by molar-refractivity contribution is 0.0602. The van der Waals surface area contributed by atoms with Crippen molar-refractivity contribution in [1.82, 2.24) is 15.0 Å². The van der Waals surface area contributed by atoms with E-state index in [-0.39, 0.29) is 5.97 Å². The zero-order valence-electron chi connectivity index (χ0n) is 11.0. The topological polar surface area (TPSA) is 57.0 Å². The third kappa shape index (κ3) is 2.14. The van der Waals surface area contributed by atoms with Crippen molar-refractivity contribution in [2.75, 3.05) is 7.11 Å². The first-order valence-electron chi connectivity index (χ1n) is 6.24. The Bertz CT molecular complexity index is 750. The van der Waals surface area contributed by atoms with E-state index in [0.717, 1.165) is 5.56 Å². The number of benzene rings is 2. The largest absolute Gasteiger partial charge is 0.465 e. The van der Waals surface area contributed by atoms with E-state index in [4.69, 9.17) is 4.74 Å². The molecule has 20 heavy (non-hydrogen) atoms. The molecule has 3 rings (SSSR count). The van der Waals surface area contributed by atoms with E-state index in [1.807, 2.05) is 36.4 Å². The second-order valence-corrected chi connectivity index (χ2v) is 4.40. The highest BCUT2D eigenvalue weighted by atomic mass is 16.5. The molecule has 0 saturated carbocycles. The van der Waals surface area contributed by atoms with Crippen LogP contribution in [-0.2, 0) is 11.3 Å². The number of methoxy groups -OCH3 is 1. The molecule has 1 heterocycles. The fraction of sp³-hybridized carbons (Fsp3) is 0.133. The SMILES string of the molecule is COC(=O)c1cccc2nnn(Cc3ccccc3)c12. The van der Waals surface area contributed by atoms with E-state index in [9.17, 15) is 4.79 Å². The third-order valence-corrected chi connectivity index (χ3v) is 3.11. The maximum absolute atomic E-state index is 11.8. The van der Waals surface area contributed by atoms with E-state index < -0.39 is 0 Å². The zero-order chi connectivity index (χ0) is 13.9. The molecule has 0 unspecified atom stereocenters. The van der Waals surface area contributed by atoms with E-state index >= 15 is 0 Å². The van der Waals surface area contributed by atoms with Crippen molar-refractivity contribution in [2.45, 2.75) is 6.54 Å². The minimum atomic E-state index is -0.382. The molecule has 0 saturated heterocycles. The average Bonchev–Trinajstić information content (AvgIpc) is 2.91. The summed E-state index contributed by atoms with van der Waals surface area (Å²) >= 11 is 0. The van der Waals surface area contributed by atoms with Crippen LogP contribution in [-0.4, -0.2) is 28.1 Å². The maximum Gasteiger partial charge on any atom is 0.340 e. The van der Waals surface area contributed by atoms with Crippen molar-refractivity contribution >= 4 is 17.0 Å². The Morgan fingerprint density at radius 3 is 2.70 bits per heavy atom. The average molecular weight is 267 g/mol. The minimum Gasteiger partial charge on any atom is -0.465 e. The van der Waals surface area contributed by atoms with Gasteiger partial charge in [-0.3, -0.25) is 0 Å². The van der Waals surface area contributed by atoms with Crippen LogP contribution in [0.15, 0.2) is 48.5 Å². The molecule has 0 amide bonds. The molecule has 0 atom stereocenters. The summed E-state index contributed by atoms with van der Waals surface area (Å²) in [5.41, 5.74) is 2.96. The van der Waals surface area contributed by atoms with Crippen molar-refractivity contribution in [2.24, 2.45) is 0 Å². The van der Waals surface area contributed by atoms with Crippen LogP contribution in [0.3, 0.4) is 0 Å². The zero-order valence-corrected chi connectivity index (χ0v) is 11.0. The quantitative estimate of drug-likeness (QED) is 0.683. The van der Waals surface area contributed by atoms with Crippen LogP contribution >= 0.6 is 0 Å². The molecule has 0 aliphatic rings. The van der Waals surface area contributed by atoms with Crippen LogP contribution in [0.5, 0.6) is 0 Å². The molecule has 5 nitrogen and oxygen atoms in total. The van der Waals surface area contributed by atoms with Crippen molar-refractivity contribution in [3.05, 3.63) is 59.7 Å². The van der Waals surface area contributed by atoms with E-state index in [1.54, 1.807) is 16.8 Å². The van der Waals surface area contributed by atoms with Crippen LogP contribution in [0.4, 0.5) is 0 Å². The van der Waals surface area contributed by atoms with Gasteiger partial charge in [0.1, 0.15) is 11.0 Å². The molecule has 2 aromatic carbocycles. The molecule has 0 fully saturated rings. The Morgan fingerprint density at radius 1 is 1.15 bits per heavy atom. The molecule has 5 heteroatoms. The molecule has 0 radical (unpaired) electrons. The first-order chi connectivity index (χ1) is 9.79. The summed E-state index contributed by atoms with van der Waals surface area (Å²) in [6.45, 7) is 0.561. The first kappa shape index (κ1) is 12.3. The van der Waals surface area contributed by atoms with Gasteiger partial charge in [-0.05, 0) is 17.7 Å². The van der Waals surface area contributed by atoms with Crippen LogP contribution < -0.4 is 0 Å². The first-order valence-corrected chi connectivity index (χ1v) is 6.24. The normalized spacial score (nSPS) is 10.7. The number of carbonyl (C=O) groups excluding carboxylic acids is 1. The van der Waals surface area contributed by atoms with E-state index in [0.29, 0.717) is 23.1 Å². The Morgan fingerprint density at radius 2 is 1.95 bits per heavy atom. The molecule has 1 aromatic heterocycles. The van der Waals surface area contributed by atoms with Crippen molar-refractivity contribution in [3.8, 4) is 0 Å². The standard InChI is InChI=1S/C15H13N3O2/c1-20-15(19)12-8-5-9-13-14(12)18(17-16-13)10-11-6-3-2-4-7-11/h2-9H,10H2,1H3. The summed E-state index contributed by atoms with van der Waals surface area (Å²) in [4.78, 5) is 11.8. The second kappa shape index (κ2) is 5.13. The number of nitrogens with zero attached hydrogens (tertiary/aromatic N) is 3. The predicted octanol–water partition coefficient (Wildman–Crippen LogP) is 2.27. The van der Waals surface area contributed by atoms with Gasteiger partial charge >= 0.3 is 5.97 Å². The third-order valence-electron chi connectivity index (χ3n) is 3.11. The highest BCUT2D eigenvalue weighted by molar-refractivity contribution is 6.01. The van der Waals surface area contributed by atoms with Gasteiger partial charge in [-0.2, -0.15) is 0 Å². The van der Waals surface area contributed by atoms with Gasteiger partial charge in [-0.15, -0.1) is 5.10 Å². The number of para-hydroxylation sites is 1. The Kier molecular flexibility index (Phi) is 3.16. The molecule has 100 valence electrons. The van der Waals surface area contributed by atoms with Crippen LogP contribution in [0, 0.1) is 0 Å². The molecule has 0 aliphatic heterocycles. The van der Waals surface area contributed by atoms with Gasteiger partial charge in [-0.25, -0.2) is 9.48 Å². The van der Waals surface area contributed by atoms with Gasteiger partial charge in [0.2, 0.25) is 0 Å². The predicted molar refractivity (Wildman–Crippen MR) is 74.4 cm³/mol. The lowest BCUT2D eigenvalue weighted by Gasteiger charge is -2.05. The summed E-state index contributed by atoms with van der Waals surface area (Å²) in [5.74, 6) is -0.382. The number of aromatic nitrogens is 3. The Hall–Kier alpha value is -2.69. The molecular formula is C15H13N3O2. The monoisotopic (exact) mass is 267 g/mol. The molecule has 3 aromatic rings. The van der Waals surface area contributed by atoms with Gasteiger partial charge in [0.15, 0.2) is 0 Å². The number of esters is 1. The number of fused-ring (bicyclic) bond motifs is 1. The number of hydrogen-bond acceptors (Lipinski definition) is 4. The number of carbonyl (C=O) groups is 1. The molecular weight excluding hydrogens is 254 g/mol. The van der Waals surface area contributed by atoms with Gasteiger partial charge in [-0.1, -0.05) is 41.6 Å². The lowest BCUT2D eigenvalue weighted by Crippen LogP contribution is -2.07. The molecule has 0 spiro atoms. The van der Waals surface area contributed by atoms with Gasteiger partial charge in [0.25, 0.3) is 0 Å². The fourth-order valence-corrected chi connectivity index (χ4v) is 2.17. The van der Waals surface area contributed by atoms with Gasteiger partial charge < -0.3 is 4.74 Å². The summed E-state index contributed by atoms with van der Waals surface area (Å²) < 4.78 is 6.53. The minimum absolute atomic E-state index is 0.382. The van der Waals surface area contributed by atoms with E-state index in [1.165, 1.54) is 7.11 Å². The van der Waals surface area contributed by atoms with Gasteiger partial charge in [0.05, 0.1) is 19.2 Å². The summed E-state index contributed by atoms with van der Waals surface area (Å²) in [7, 11) is 1.37. The van der Waals surface area contributed by atoms with Crippen molar-refractivity contribution in [3.63, 3.8) is 0 Å². The Labute approximate surface area is 115 Å². The number of rotatable bonds is 3. The summed E-state index contributed by atoms with van der Waals surface area (Å²) in [6.07, 6.45) is 0. The molecule has 0 N–H and O–H groups in total. The highest BCUT2D eigenvalue weighted by Crippen LogP contribution is 2.18. The summed E-state index contributed by atoms with van der Waals surface area (Å²) in [5, 5.41) is 8.22. The van der Waals surface area contributed by atoms with Gasteiger partial charge in [0, 0.05) is 0 Å². The van der Waals surface area contributed by atoms with Crippen LogP contribution in [0.25, 0.3) is 11.0 Å². The molecule has 0 aliphatic carbocycles. The fourth-order valence-electron chi connectivity index (χ4n) is 2.17. The van der Waals surface area contributed by atoms with Crippen LogP contribution in [0.1, 0.15) is 15.9 Å². The summed E-state index contributed by atoms with van der Waals surface area (Å²) in [6, 6.07) is 15.2. The van der Waals surface area contributed by atoms with Crippen molar-refractivity contribution < 1.29 is 9.53 Å². The maximum atomic E-state index is 11.8. The lowest BCUT2D eigenvalue weighted by atomic mass is 10.1. The number of ether oxygens (including phenoxy) is 1. The highest BCUT2D eigenvalue weighted by Gasteiger charge is 2.15. The second-order valence-electron chi connectivity index (χ2n) is 4.40. The Balaban J connectivity index is 2.10.